The van der Waals surface area contributed by atoms with Crippen LogP contribution in [0.5, 0.6) is 0 Å². The Morgan fingerprint density at radius 2 is 1.74 bits per heavy atom. The molecule has 0 aliphatic carbocycles. The molecule has 136 valence electrons. The zero-order valence-corrected chi connectivity index (χ0v) is 16.0. The van der Waals surface area contributed by atoms with Crippen LogP contribution in [0.4, 0.5) is 4.39 Å². The van der Waals surface area contributed by atoms with Crippen molar-refractivity contribution < 1.29 is 14.1 Å². The standard InChI is InChI=1S/C23H22FN2O/c1-13-9-22-21(11-20(13)24)25-15(3)23(26(22)4)19-10-16(12-27)18-8-6-5-7-17(18)14(19)2/h5-11,27H,12H2,1-4H3/q+1. The van der Waals surface area contributed by atoms with E-state index in [1.807, 2.05) is 44.3 Å². The minimum absolute atomic E-state index is 0.0259. The van der Waals surface area contributed by atoms with Gasteiger partial charge in [-0.05, 0) is 54.3 Å². The van der Waals surface area contributed by atoms with Crippen LogP contribution in [-0.4, -0.2) is 10.1 Å². The van der Waals surface area contributed by atoms with E-state index in [1.165, 1.54) is 6.07 Å². The maximum atomic E-state index is 14.0. The number of aliphatic hydroxyl groups excluding tert-OH is 1. The molecule has 0 amide bonds. The average Bonchev–Trinajstić information content (AvgIpc) is 2.65. The summed E-state index contributed by atoms with van der Waals surface area (Å²) in [5, 5.41) is 12.1. The molecule has 0 atom stereocenters. The van der Waals surface area contributed by atoms with Gasteiger partial charge < -0.3 is 5.11 Å². The first-order valence-electron chi connectivity index (χ1n) is 9.01. The minimum atomic E-state index is -0.244. The SMILES string of the molecule is Cc1cc2c(cc1F)nc(C)c(-c1cc(CO)c3ccccc3c1C)[n+]2C. The van der Waals surface area contributed by atoms with Crippen molar-refractivity contribution >= 4 is 21.8 Å². The van der Waals surface area contributed by atoms with Crippen LogP contribution in [0.3, 0.4) is 0 Å². The highest BCUT2D eigenvalue weighted by Crippen LogP contribution is 2.33. The zero-order valence-electron chi connectivity index (χ0n) is 16.0. The molecule has 0 saturated heterocycles. The van der Waals surface area contributed by atoms with Gasteiger partial charge in [0.15, 0.2) is 0 Å². The molecule has 1 N–H and O–H groups in total. The molecule has 0 bridgehead atoms. The predicted octanol–water partition coefficient (Wildman–Crippen LogP) is 4.44. The van der Waals surface area contributed by atoms with Gasteiger partial charge in [0.25, 0.3) is 0 Å². The van der Waals surface area contributed by atoms with Gasteiger partial charge in [0.2, 0.25) is 11.2 Å². The van der Waals surface area contributed by atoms with Crippen LogP contribution < -0.4 is 4.57 Å². The van der Waals surface area contributed by atoms with Crippen molar-refractivity contribution in [3.05, 3.63) is 70.7 Å². The third kappa shape index (κ3) is 2.68. The summed E-state index contributed by atoms with van der Waals surface area (Å²) in [6.07, 6.45) is 0. The molecule has 3 nitrogen and oxygen atoms in total. The van der Waals surface area contributed by atoms with E-state index in [0.29, 0.717) is 11.1 Å². The lowest BCUT2D eigenvalue weighted by Crippen LogP contribution is -2.34. The number of halogens is 1. The molecule has 0 radical (unpaired) electrons. The second-order valence-electron chi connectivity index (χ2n) is 7.11. The van der Waals surface area contributed by atoms with Gasteiger partial charge in [-0.15, -0.1) is 0 Å². The largest absolute Gasteiger partial charge is 0.392 e. The Kier molecular flexibility index (Phi) is 4.16. The third-order valence-electron chi connectivity index (χ3n) is 5.41. The second kappa shape index (κ2) is 6.39. The lowest BCUT2D eigenvalue weighted by atomic mass is 9.93. The number of hydrogen-bond donors (Lipinski definition) is 1. The number of hydrogen-bond acceptors (Lipinski definition) is 2. The van der Waals surface area contributed by atoms with E-state index in [4.69, 9.17) is 0 Å². The molecule has 0 spiro atoms. The molecule has 1 aromatic heterocycles. The zero-order chi connectivity index (χ0) is 19.3. The normalized spacial score (nSPS) is 11.5. The summed E-state index contributed by atoms with van der Waals surface area (Å²) in [7, 11) is 1.98. The molecule has 0 aliphatic rings. The molecule has 4 heteroatoms. The van der Waals surface area contributed by atoms with Crippen molar-refractivity contribution in [1.29, 1.82) is 0 Å². The van der Waals surface area contributed by atoms with Crippen molar-refractivity contribution in [2.24, 2.45) is 7.05 Å². The lowest BCUT2D eigenvalue weighted by Gasteiger charge is -2.14. The fourth-order valence-corrected chi connectivity index (χ4v) is 3.96. The summed E-state index contributed by atoms with van der Waals surface area (Å²) in [6, 6.07) is 13.5. The maximum absolute atomic E-state index is 14.0. The van der Waals surface area contributed by atoms with E-state index >= 15 is 0 Å². The predicted molar refractivity (Wildman–Crippen MR) is 106 cm³/mol. The molecule has 0 unspecified atom stereocenters. The van der Waals surface area contributed by atoms with Gasteiger partial charge in [-0.3, -0.25) is 0 Å². The Balaban J connectivity index is 2.11. The van der Waals surface area contributed by atoms with Crippen LogP contribution in [0.15, 0.2) is 42.5 Å². The minimum Gasteiger partial charge on any atom is -0.392 e. The Morgan fingerprint density at radius 3 is 2.44 bits per heavy atom. The van der Waals surface area contributed by atoms with E-state index in [-0.39, 0.29) is 12.4 Å². The summed E-state index contributed by atoms with van der Waals surface area (Å²) < 4.78 is 16.1. The number of benzene rings is 3. The maximum Gasteiger partial charge on any atom is 0.234 e. The molecule has 4 aromatic rings. The van der Waals surface area contributed by atoms with Crippen molar-refractivity contribution in [2.45, 2.75) is 27.4 Å². The van der Waals surface area contributed by atoms with Gasteiger partial charge in [0, 0.05) is 12.1 Å². The molecule has 4 rings (SSSR count). The molecule has 0 fully saturated rings. The van der Waals surface area contributed by atoms with Gasteiger partial charge in [0.1, 0.15) is 24.1 Å². The van der Waals surface area contributed by atoms with Crippen LogP contribution in [0.2, 0.25) is 0 Å². The van der Waals surface area contributed by atoms with E-state index < -0.39 is 0 Å². The first kappa shape index (κ1) is 17.6. The van der Waals surface area contributed by atoms with Gasteiger partial charge in [-0.25, -0.2) is 9.37 Å². The number of rotatable bonds is 2. The summed E-state index contributed by atoms with van der Waals surface area (Å²) in [5.41, 5.74) is 7.00. The van der Waals surface area contributed by atoms with Gasteiger partial charge in [-0.2, -0.15) is 4.57 Å². The van der Waals surface area contributed by atoms with E-state index in [9.17, 15) is 9.50 Å². The lowest BCUT2D eigenvalue weighted by molar-refractivity contribution is -0.634. The van der Waals surface area contributed by atoms with Crippen LogP contribution in [-0.2, 0) is 13.7 Å². The fraction of sp³-hybridized carbons (Fsp3) is 0.217. The Morgan fingerprint density at radius 1 is 1.04 bits per heavy atom. The van der Waals surface area contributed by atoms with Crippen molar-refractivity contribution in [3.63, 3.8) is 0 Å². The fourth-order valence-electron chi connectivity index (χ4n) is 3.96. The Labute approximate surface area is 157 Å². The second-order valence-corrected chi connectivity index (χ2v) is 7.11. The number of fused-ring (bicyclic) bond motifs is 2. The molecule has 27 heavy (non-hydrogen) atoms. The monoisotopic (exact) mass is 361 g/mol. The first-order valence-corrected chi connectivity index (χ1v) is 9.01. The molecule has 0 aliphatic heterocycles. The summed E-state index contributed by atoms with van der Waals surface area (Å²) in [5.74, 6) is -0.244. The summed E-state index contributed by atoms with van der Waals surface area (Å²) >= 11 is 0. The Hall–Kier alpha value is -2.85. The first-order chi connectivity index (χ1) is 12.9. The highest BCUT2D eigenvalue weighted by atomic mass is 19.1. The van der Waals surface area contributed by atoms with E-state index in [1.54, 1.807) is 6.92 Å². The van der Waals surface area contributed by atoms with Crippen LogP contribution >= 0.6 is 0 Å². The van der Waals surface area contributed by atoms with E-state index in [2.05, 4.69) is 22.5 Å². The molecule has 0 saturated carbocycles. The number of aliphatic hydroxyl groups is 1. The van der Waals surface area contributed by atoms with Crippen LogP contribution in [0, 0.1) is 26.6 Å². The summed E-state index contributed by atoms with van der Waals surface area (Å²) in [6.45, 7) is 5.78. The van der Waals surface area contributed by atoms with Crippen molar-refractivity contribution in [1.82, 2.24) is 4.98 Å². The highest BCUT2D eigenvalue weighted by Gasteiger charge is 2.23. The molecule has 1 heterocycles. The van der Waals surface area contributed by atoms with Crippen LogP contribution in [0.25, 0.3) is 33.1 Å². The Bertz CT molecular complexity index is 1210. The highest BCUT2D eigenvalue weighted by molar-refractivity contribution is 5.94. The molecular formula is C23H22FN2O+. The van der Waals surface area contributed by atoms with Crippen LogP contribution in [0.1, 0.15) is 22.4 Å². The van der Waals surface area contributed by atoms with Crippen molar-refractivity contribution in [2.75, 3.05) is 0 Å². The van der Waals surface area contributed by atoms with Gasteiger partial charge >= 0.3 is 0 Å². The van der Waals surface area contributed by atoms with E-state index in [0.717, 1.165) is 44.4 Å². The number of aromatic nitrogens is 2. The van der Waals surface area contributed by atoms with Gasteiger partial charge in [0.05, 0.1) is 12.2 Å². The smallest absolute Gasteiger partial charge is 0.234 e. The number of aryl methyl sites for hydroxylation is 4. The average molecular weight is 361 g/mol. The van der Waals surface area contributed by atoms with Crippen molar-refractivity contribution in [3.8, 4) is 11.3 Å². The molecule has 3 aromatic carbocycles. The summed E-state index contributed by atoms with van der Waals surface area (Å²) in [4.78, 5) is 4.67. The third-order valence-corrected chi connectivity index (χ3v) is 5.41. The topological polar surface area (TPSA) is 37.0 Å². The molecular weight excluding hydrogens is 339 g/mol. The van der Waals surface area contributed by atoms with Gasteiger partial charge in [-0.1, -0.05) is 24.3 Å². The number of nitrogens with zero attached hydrogens (tertiary/aromatic N) is 2. The quantitative estimate of drug-likeness (QED) is 0.536.